The number of aliphatic imine (C=N–C) groups is 1. The molecule has 0 aromatic heterocycles. The highest BCUT2D eigenvalue weighted by Crippen LogP contribution is 2.40. The predicted octanol–water partition coefficient (Wildman–Crippen LogP) is 3.27. The van der Waals surface area contributed by atoms with Gasteiger partial charge in [0.05, 0.1) is 17.8 Å². The Morgan fingerprint density at radius 2 is 1.81 bits per heavy atom. The van der Waals surface area contributed by atoms with Crippen LogP contribution < -0.4 is 10.6 Å². The third kappa shape index (κ3) is 2.07. The molecule has 0 bridgehead atoms. The first-order chi connectivity index (χ1) is 10.2. The van der Waals surface area contributed by atoms with Crippen LogP contribution in [-0.4, -0.2) is 12.5 Å². The zero-order chi connectivity index (χ0) is 14.9. The van der Waals surface area contributed by atoms with Crippen LogP contribution in [0.25, 0.3) is 0 Å². The monoisotopic (exact) mass is 283 g/mol. The molecule has 2 aromatic carbocycles. The molecule has 1 heterocycles. The molecule has 0 aliphatic carbocycles. The summed E-state index contributed by atoms with van der Waals surface area (Å²) in [5.74, 6) is 0.0807. The van der Waals surface area contributed by atoms with E-state index in [4.69, 9.17) is 5.73 Å². The number of hydrogen-bond donors (Lipinski definition) is 1. The van der Waals surface area contributed by atoms with E-state index in [1.54, 1.807) is 12.1 Å². The summed E-state index contributed by atoms with van der Waals surface area (Å²) in [4.78, 5) is 6.22. The number of guanidine groups is 1. The fourth-order valence-electron chi connectivity index (χ4n) is 3.00. The SMILES string of the molecule is CCC1(c2ccccc2)CN=C(N)N1c1ccccc1F. The Labute approximate surface area is 123 Å². The number of hydrogen-bond acceptors (Lipinski definition) is 3. The Morgan fingerprint density at radius 3 is 2.48 bits per heavy atom. The largest absolute Gasteiger partial charge is 0.369 e. The molecule has 0 radical (unpaired) electrons. The van der Waals surface area contributed by atoms with Crippen molar-refractivity contribution in [2.75, 3.05) is 11.4 Å². The van der Waals surface area contributed by atoms with E-state index < -0.39 is 5.54 Å². The van der Waals surface area contributed by atoms with E-state index in [9.17, 15) is 4.39 Å². The van der Waals surface area contributed by atoms with Crippen LogP contribution in [0.5, 0.6) is 0 Å². The predicted molar refractivity (Wildman–Crippen MR) is 83.8 cm³/mol. The van der Waals surface area contributed by atoms with Crippen molar-refractivity contribution in [3.05, 3.63) is 66.0 Å². The van der Waals surface area contributed by atoms with Crippen LogP contribution in [0.15, 0.2) is 59.6 Å². The lowest BCUT2D eigenvalue weighted by Crippen LogP contribution is -2.49. The van der Waals surface area contributed by atoms with Crippen LogP contribution in [0.4, 0.5) is 10.1 Å². The van der Waals surface area contributed by atoms with Crippen molar-refractivity contribution >= 4 is 11.6 Å². The van der Waals surface area contributed by atoms with Gasteiger partial charge in [-0.25, -0.2) is 4.39 Å². The second-order valence-electron chi connectivity index (χ2n) is 5.21. The maximum absolute atomic E-state index is 14.3. The molecule has 1 aliphatic heterocycles. The molecule has 4 heteroatoms. The lowest BCUT2D eigenvalue weighted by Gasteiger charge is -2.39. The standard InChI is InChI=1S/C17H18FN3/c1-2-17(13-8-4-3-5-9-13)12-20-16(19)21(17)15-11-7-6-10-14(15)18/h3-11H,2,12H2,1H3,(H2,19,20). The van der Waals surface area contributed by atoms with Gasteiger partial charge in [0, 0.05) is 0 Å². The highest BCUT2D eigenvalue weighted by molar-refractivity contribution is 5.98. The summed E-state index contributed by atoms with van der Waals surface area (Å²) < 4.78 is 14.3. The Balaban J connectivity index is 2.16. The van der Waals surface area contributed by atoms with Crippen LogP contribution in [0, 0.1) is 5.82 Å². The van der Waals surface area contributed by atoms with Gasteiger partial charge in [-0.2, -0.15) is 0 Å². The number of halogens is 1. The minimum Gasteiger partial charge on any atom is -0.369 e. The summed E-state index contributed by atoms with van der Waals surface area (Å²) >= 11 is 0. The highest BCUT2D eigenvalue weighted by atomic mass is 19.1. The molecule has 3 rings (SSSR count). The van der Waals surface area contributed by atoms with Gasteiger partial charge in [-0.1, -0.05) is 49.4 Å². The van der Waals surface area contributed by atoms with Crippen molar-refractivity contribution in [1.29, 1.82) is 0 Å². The second-order valence-corrected chi connectivity index (χ2v) is 5.21. The topological polar surface area (TPSA) is 41.6 Å². The molecular formula is C17H18FN3. The molecule has 108 valence electrons. The van der Waals surface area contributed by atoms with Crippen molar-refractivity contribution in [1.82, 2.24) is 0 Å². The Bertz CT molecular complexity index is 669. The third-order valence-corrected chi connectivity index (χ3v) is 4.15. The average molecular weight is 283 g/mol. The van der Waals surface area contributed by atoms with Gasteiger partial charge in [0.2, 0.25) is 0 Å². The van der Waals surface area contributed by atoms with Gasteiger partial charge in [-0.05, 0) is 24.1 Å². The molecule has 3 nitrogen and oxygen atoms in total. The quantitative estimate of drug-likeness (QED) is 0.939. The summed E-state index contributed by atoms with van der Waals surface area (Å²) in [6.07, 6.45) is 0.787. The lowest BCUT2D eigenvalue weighted by atomic mass is 9.86. The Kier molecular flexibility index (Phi) is 3.37. The van der Waals surface area contributed by atoms with Crippen LogP contribution in [0.2, 0.25) is 0 Å². The highest BCUT2D eigenvalue weighted by Gasteiger charge is 2.44. The van der Waals surface area contributed by atoms with Gasteiger partial charge in [0.1, 0.15) is 5.82 Å². The van der Waals surface area contributed by atoms with Gasteiger partial charge in [-0.15, -0.1) is 0 Å². The number of anilines is 1. The van der Waals surface area contributed by atoms with E-state index in [2.05, 4.69) is 11.9 Å². The first kappa shape index (κ1) is 13.6. The maximum atomic E-state index is 14.3. The van der Waals surface area contributed by atoms with E-state index in [1.807, 2.05) is 41.3 Å². The Morgan fingerprint density at radius 1 is 1.14 bits per heavy atom. The number of nitrogens with two attached hydrogens (primary N) is 1. The maximum Gasteiger partial charge on any atom is 0.196 e. The molecule has 21 heavy (non-hydrogen) atoms. The van der Waals surface area contributed by atoms with Gasteiger partial charge >= 0.3 is 0 Å². The summed E-state index contributed by atoms with van der Waals surface area (Å²) in [6, 6.07) is 16.7. The van der Waals surface area contributed by atoms with Crippen LogP contribution in [-0.2, 0) is 5.54 Å². The zero-order valence-corrected chi connectivity index (χ0v) is 12.0. The molecule has 0 spiro atoms. The summed E-state index contributed by atoms with van der Waals surface area (Å²) in [7, 11) is 0. The first-order valence-corrected chi connectivity index (χ1v) is 7.09. The summed E-state index contributed by atoms with van der Waals surface area (Å²) in [5.41, 5.74) is 7.23. The van der Waals surface area contributed by atoms with Crippen molar-refractivity contribution < 1.29 is 4.39 Å². The van der Waals surface area contributed by atoms with Crippen LogP contribution in [0.1, 0.15) is 18.9 Å². The smallest absolute Gasteiger partial charge is 0.196 e. The number of nitrogens with zero attached hydrogens (tertiary/aromatic N) is 2. The minimum absolute atomic E-state index is 0.286. The minimum atomic E-state index is -0.423. The Hall–Kier alpha value is -2.36. The van der Waals surface area contributed by atoms with Crippen LogP contribution in [0.3, 0.4) is 0 Å². The molecular weight excluding hydrogens is 265 g/mol. The molecule has 1 atom stereocenters. The van der Waals surface area contributed by atoms with Gasteiger partial charge in [0.25, 0.3) is 0 Å². The summed E-state index contributed by atoms with van der Waals surface area (Å²) in [5, 5.41) is 0. The van der Waals surface area contributed by atoms with Crippen LogP contribution >= 0.6 is 0 Å². The molecule has 0 amide bonds. The van der Waals surface area contributed by atoms with E-state index in [-0.39, 0.29) is 5.82 Å². The second kappa shape index (κ2) is 5.20. The fraction of sp³-hybridized carbons (Fsp3) is 0.235. The van der Waals surface area contributed by atoms with E-state index >= 15 is 0 Å². The molecule has 2 aromatic rings. The number of para-hydroxylation sites is 1. The van der Waals surface area contributed by atoms with Crippen molar-refractivity contribution in [2.24, 2.45) is 10.7 Å². The molecule has 0 saturated carbocycles. The fourth-order valence-corrected chi connectivity index (χ4v) is 3.00. The van der Waals surface area contributed by atoms with Crippen molar-refractivity contribution in [3.8, 4) is 0 Å². The van der Waals surface area contributed by atoms with Gasteiger partial charge in [-0.3, -0.25) is 9.89 Å². The van der Waals surface area contributed by atoms with Crippen molar-refractivity contribution in [2.45, 2.75) is 18.9 Å². The van der Waals surface area contributed by atoms with E-state index in [0.29, 0.717) is 18.2 Å². The number of benzene rings is 2. The van der Waals surface area contributed by atoms with E-state index in [0.717, 1.165) is 12.0 Å². The van der Waals surface area contributed by atoms with E-state index in [1.165, 1.54) is 6.07 Å². The third-order valence-electron chi connectivity index (χ3n) is 4.15. The molecule has 1 unspecified atom stereocenters. The zero-order valence-electron chi connectivity index (χ0n) is 12.0. The molecule has 0 saturated heterocycles. The molecule has 2 N–H and O–H groups in total. The normalized spacial score (nSPS) is 21.4. The van der Waals surface area contributed by atoms with Gasteiger partial charge < -0.3 is 5.73 Å². The lowest BCUT2D eigenvalue weighted by molar-refractivity contribution is 0.456. The average Bonchev–Trinajstić information content (AvgIpc) is 2.87. The number of rotatable bonds is 3. The first-order valence-electron chi connectivity index (χ1n) is 7.09. The van der Waals surface area contributed by atoms with Crippen molar-refractivity contribution in [3.63, 3.8) is 0 Å². The summed E-state index contributed by atoms with van der Waals surface area (Å²) in [6.45, 7) is 2.61. The van der Waals surface area contributed by atoms with Gasteiger partial charge in [0.15, 0.2) is 5.96 Å². The molecule has 1 aliphatic rings. The molecule has 0 fully saturated rings.